The van der Waals surface area contributed by atoms with Gasteiger partial charge in [-0.3, -0.25) is 0 Å². The predicted molar refractivity (Wildman–Crippen MR) is 126 cm³/mol. The van der Waals surface area contributed by atoms with Crippen LogP contribution < -0.4 is 4.57 Å². The topological polar surface area (TPSA) is 21.2 Å². The minimum atomic E-state index is 0.608. The van der Waals surface area contributed by atoms with E-state index in [0.717, 1.165) is 11.9 Å². The molecule has 6 aromatic rings. The number of benzene rings is 3. The lowest BCUT2D eigenvalue weighted by Gasteiger charge is -2.15. The number of aromatic nitrogens is 3. The second kappa shape index (κ2) is 5.91. The Morgan fingerprint density at radius 3 is 2.57 bits per heavy atom. The summed E-state index contributed by atoms with van der Waals surface area (Å²) in [4.78, 5) is 4.86. The SMILES string of the molecule is Cc1cc2c3ccccc3n3c4cc(CC(C)C)cc5nc[n+](C)c(c(c1C)c23)c54. The van der Waals surface area contributed by atoms with Crippen LogP contribution in [0.4, 0.5) is 0 Å². The Morgan fingerprint density at radius 1 is 0.967 bits per heavy atom. The third-order valence-corrected chi connectivity index (χ3v) is 6.72. The molecule has 0 aliphatic heterocycles. The van der Waals surface area contributed by atoms with Crippen molar-refractivity contribution in [1.82, 2.24) is 9.38 Å². The summed E-state index contributed by atoms with van der Waals surface area (Å²) in [5.74, 6) is 0.608. The molecule has 0 N–H and O–H groups in total. The summed E-state index contributed by atoms with van der Waals surface area (Å²) in [5, 5.41) is 5.27. The second-order valence-electron chi connectivity index (χ2n) is 9.25. The maximum atomic E-state index is 4.86. The molecule has 3 aromatic heterocycles. The van der Waals surface area contributed by atoms with Crippen LogP contribution in [-0.4, -0.2) is 9.38 Å². The molecular weight excluding hydrogens is 366 g/mol. The normalized spacial score (nSPS) is 12.6. The van der Waals surface area contributed by atoms with Gasteiger partial charge in [-0.25, -0.2) is 4.57 Å². The smallest absolute Gasteiger partial charge is 0.287 e. The van der Waals surface area contributed by atoms with E-state index < -0.39 is 0 Å². The number of hydrogen-bond donors (Lipinski definition) is 0. The van der Waals surface area contributed by atoms with Crippen molar-refractivity contribution < 1.29 is 4.57 Å². The fourth-order valence-corrected chi connectivity index (χ4v) is 5.36. The monoisotopic (exact) mass is 392 g/mol. The zero-order chi connectivity index (χ0) is 20.7. The Morgan fingerprint density at radius 2 is 1.77 bits per heavy atom. The van der Waals surface area contributed by atoms with Gasteiger partial charge in [0.15, 0.2) is 5.52 Å². The van der Waals surface area contributed by atoms with E-state index in [0.29, 0.717) is 5.92 Å². The molecule has 0 saturated heterocycles. The average Bonchev–Trinajstić information content (AvgIpc) is 3.04. The van der Waals surface area contributed by atoms with Crippen molar-refractivity contribution >= 4 is 49.1 Å². The van der Waals surface area contributed by atoms with Crippen LogP contribution in [0.3, 0.4) is 0 Å². The van der Waals surface area contributed by atoms with Crippen molar-refractivity contribution in [3.8, 4) is 0 Å². The lowest BCUT2D eigenvalue weighted by Crippen LogP contribution is -2.30. The Balaban J connectivity index is 2.02. The summed E-state index contributed by atoms with van der Waals surface area (Å²) in [6, 6.07) is 15.9. The molecule has 3 aromatic carbocycles. The fourth-order valence-electron chi connectivity index (χ4n) is 5.36. The molecule has 0 bridgehead atoms. The summed E-state index contributed by atoms with van der Waals surface area (Å²) in [7, 11) is 2.12. The molecule has 148 valence electrons. The third-order valence-electron chi connectivity index (χ3n) is 6.72. The second-order valence-corrected chi connectivity index (χ2v) is 9.25. The highest BCUT2D eigenvalue weighted by molar-refractivity contribution is 6.25. The summed E-state index contributed by atoms with van der Waals surface area (Å²) in [6.07, 6.45) is 3.04. The maximum Gasteiger partial charge on any atom is 0.287 e. The Hall–Kier alpha value is -3.20. The number of hydrogen-bond acceptors (Lipinski definition) is 1. The number of para-hydroxylation sites is 1. The Bertz CT molecular complexity index is 1620. The van der Waals surface area contributed by atoms with E-state index in [1.807, 2.05) is 6.33 Å². The van der Waals surface area contributed by atoms with Gasteiger partial charge in [-0.2, -0.15) is 0 Å². The van der Waals surface area contributed by atoms with Crippen LogP contribution in [0.1, 0.15) is 30.5 Å². The van der Waals surface area contributed by atoms with Crippen molar-refractivity contribution in [2.24, 2.45) is 13.0 Å². The molecule has 3 heterocycles. The summed E-state index contributed by atoms with van der Waals surface area (Å²) < 4.78 is 4.70. The van der Waals surface area contributed by atoms with Crippen LogP contribution in [0.25, 0.3) is 49.1 Å². The summed E-state index contributed by atoms with van der Waals surface area (Å²) >= 11 is 0. The van der Waals surface area contributed by atoms with Gasteiger partial charge in [0.25, 0.3) is 6.33 Å². The summed E-state index contributed by atoms with van der Waals surface area (Å²) in [5.41, 5.74) is 10.3. The molecule has 0 radical (unpaired) electrons. The molecule has 0 saturated carbocycles. The molecule has 0 aliphatic carbocycles. The van der Waals surface area contributed by atoms with Gasteiger partial charge in [0, 0.05) is 10.8 Å². The average molecular weight is 393 g/mol. The standard InChI is InChI=1S/C27H26N3/c1-15(2)10-18-12-21-25-23(13-18)30-22-9-7-6-8-19(22)20-11-16(3)17(4)24(26(20)30)27(25)29(5)14-28-21/h6-9,11-15H,10H2,1-5H3/q+1. The van der Waals surface area contributed by atoms with Gasteiger partial charge in [-0.05, 0) is 72.1 Å². The van der Waals surface area contributed by atoms with E-state index in [1.54, 1.807) is 0 Å². The molecule has 0 unspecified atom stereocenters. The van der Waals surface area contributed by atoms with Gasteiger partial charge in [0.2, 0.25) is 0 Å². The van der Waals surface area contributed by atoms with E-state index in [1.165, 1.54) is 60.3 Å². The van der Waals surface area contributed by atoms with Crippen molar-refractivity contribution in [3.63, 3.8) is 0 Å². The maximum absolute atomic E-state index is 4.86. The Kier molecular flexibility index (Phi) is 3.48. The van der Waals surface area contributed by atoms with Crippen LogP contribution in [0.15, 0.2) is 48.8 Å². The van der Waals surface area contributed by atoms with Crippen LogP contribution in [0.5, 0.6) is 0 Å². The first-order valence-electron chi connectivity index (χ1n) is 10.8. The van der Waals surface area contributed by atoms with Crippen molar-refractivity contribution in [1.29, 1.82) is 0 Å². The number of pyridine rings is 1. The lowest BCUT2D eigenvalue weighted by molar-refractivity contribution is -0.646. The fraction of sp³-hybridized carbons (Fsp3) is 0.259. The molecule has 30 heavy (non-hydrogen) atoms. The number of nitrogens with zero attached hydrogens (tertiary/aromatic N) is 3. The van der Waals surface area contributed by atoms with Crippen LogP contribution in [0, 0.1) is 19.8 Å². The van der Waals surface area contributed by atoms with E-state index in [4.69, 9.17) is 4.98 Å². The Labute approximate surface area is 175 Å². The highest BCUT2D eigenvalue weighted by Gasteiger charge is 2.24. The van der Waals surface area contributed by atoms with E-state index in [-0.39, 0.29) is 0 Å². The van der Waals surface area contributed by atoms with Crippen molar-refractivity contribution in [2.75, 3.05) is 0 Å². The van der Waals surface area contributed by atoms with Crippen LogP contribution in [0.2, 0.25) is 0 Å². The third kappa shape index (κ3) is 2.15. The van der Waals surface area contributed by atoms with Gasteiger partial charge in [0.1, 0.15) is 5.52 Å². The van der Waals surface area contributed by atoms with Crippen molar-refractivity contribution in [2.45, 2.75) is 34.1 Å². The number of fused-ring (bicyclic) bond motifs is 5. The van der Waals surface area contributed by atoms with Gasteiger partial charge >= 0.3 is 0 Å². The van der Waals surface area contributed by atoms with Gasteiger partial charge in [-0.1, -0.05) is 32.0 Å². The minimum Gasteiger partial charge on any atom is -0.308 e. The highest BCUT2D eigenvalue weighted by atomic mass is 15.0. The molecular formula is C27H26N3+. The lowest BCUT2D eigenvalue weighted by atomic mass is 9.95. The van der Waals surface area contributed by atoms with Crippen molar-refractivity contribution in [3.05, 3.63) is 65.5 Å². The van der Waals surface area contributed by atoms with Gasteiger partial charge in [0.05, 0.1) is 34.4 Å². The van der Waals surface area contributed by atoms with E-state index in [9.17, 15) is 0 Å². The molecule has 0 atom stereocenters. The minimum absolute atomic E-state index is 0.608. The molecule has 3 nitrogen and oxygen atoms in total. The molecule has 0 aliphatic rings. The predicted octanol–water partition coefficient (Wildman–Crippen LogP) is 6.02. The molecule has 0 spiro atoms. The van der Waals surface area contributed by atoms with E-state index in [2.05, 4.69) is 86.2 Å². The largest absolute Gasteiger partial charge is 0.308 e. The van der Waals surface area contributed by atoms with Gasteiger partial charge in [-0.15, -0.1) is 0 Å². The molecule has 0 fully saturated rings. The van der Waals surface area contributed by atoms with Crippen LogP contribution >= 0.6 is 0 Å². The highest BCUT2D eigenvalue weighted by Crippen LogP contribution is 2.41. The number of rotatable bonds is 2. The number of aryl methyl sites for hydroxylation is 3. The summed E-state index contributed by atoms with van der Waals surface area (Å²) in [6.45, 7) is 9.06. The van der Waals surface area contributed by atoms with Crippen LogP contribution in [-0.2, 0) is 13.5 Å². The first-order chi connectivity index (χ1) is 14.5. The first kappa shape index (κ1) is 17.6. The molecule has 6 rings (SSSR count). The quantitative estimate of drug-likeness (QED) is 0.200. The zero-order valence-electron chi connectivity index (χ0n) is 18.2. The molecule has 0 amide bonds. The van der Waals surface area contributed by atoms with Gasteiger partial charge < -0.3 is 4.40 Å². The van der Waals surface area contributed by atoms with E-state index >= 15 is 0 Å². The first-order valence-corrected chi connectivity index (χ1v) is 10.8. The zero-order valence-corrected chi connectivity index (χ0v) is 18.2. The molecule has 3 heteroatoms.